The molecule has 26 heavy (non-hydrogen) atoms. The molecule has 3 unspecified atom stereocenters. The van der Waals surface area contributed by atoms with Gasteiger partial charge in [-0.15, -0.1) is 0 Å². The third-order valence-corrected chi connectivity index (χ3v) is 6.67. The molecule has 1 N–H and O–H groups in total. The van der Waals surface area contributed by atoms with Crippen LogP contribution in [0.15, 0.2) is 24.3 Å². The molecule has 5 heteroatoms. The standard InChI is InChI=1S/C21H29NO4/c1-5-14-6-8-16(9-7-14)26-13-15(23)12-22-18(24)17-10-11-21(4,19(22)25)20(17,2)3/h6-9,15,17,23H,5,10-13H2,1-4H3. The number of piperidine rings is 1. The summed E-state index contributed by atoms with van der Waals surface area (Å²) in [6.07, 6.45) is 1.51. The largest absolute Gasteiger partial charge is 0.491 e. The van der Waals surface area contributed by atoms with E-state index in [0.29, 0.717) is 5.75 Å². The SMILES string of the molecule is CCc1ccc(OCC(O)CN2C(=O)C3CCC(C)(C2=O)C3(C)C)cc1. The van der Waals surface area contributed by atoms with Crippen molar-refractivity contribution >= 4 is 11.8 Å². The molecular formula is C21H29NO4. The second-order valence-corrected chi connectivity index (χ2v) is 8.36. The quantitative estimate of drug-likeness (QED) is 0.793. The molecule has 3 rings (SSSR count). The van der Waals surface area contributed by atoms with Crippen molar-refractivity contribution in [3.63, 3.8) is 0 Å². The van der Waals surface area contributed by atoms with E-state index in [-0.39, 0.29) is 36.3 Å². The van der Waals surface area contributed by atoms with Gasteiger partial charge < -0.3 is 9.84 Å². The predicted molar refractivity (Wildman–Crippen MR) is 98.7 cm³/mol. The Bertz CT molecular complexity index is 696. The first-order chi connectivity index (χ1) is 12.2. The van der Waals surface area contributed by atoms with Gasteiger partial charge in [0.05, 0.1) is 12.0 Å². The van der Waals surface area contributed by atoms with Crippen LogP contribution in [0.25, 0.3) is 0 Å². The summed E-state index contributed by atoms with van der Waals surface area (Å²) < 4.78 is 5.62. The number of nitrogens with zero attached hydrogens (tertiary/aromatic N) is 1. The first-order valence-corrected chi connectivity index (χ1v) is 9.46. The van der Waals surface area contributed by atoms with E-state index in [9.17, 15) is 14.7 Å². The first kappa shape index (κ1) is 18.9. The highest BCUT2D eigenvalue weighted by Crippen LogP contribution is 2.60. The van der Waals surface area contributed by atoms with Crippen LogP contribution in [0, 0.1) is 16.7 Å². The fourth-order valence-corrected chi connectivity index (χ4v) is 4.35. The van der Waals surface area contributed by atoms with Crippen LogP contribution in [-0.2, 0) is 16.0 Å². The maximum Gasteiger partial charge on any atom is 0.235 e. The predicted octanol–water partition coefficient (Wildman–Crippen LogP) is 2.80. The Balaban J connectivity index is 1.63. The van der Waals surface area contributed by atoms with E-state index >= 15 is 0 Å². The molecule has 1 aromatic carbocycles. The molecule has 2 fully saturated rings. The van der Waals surface area contributed by atoms with Gasteiger partial charge in [0.2, 0.25) is 11.8 Å². The van der Waals surface area contributed by atoms with E-state index in [1.54, 1.807) is 0 Å². The van der Waals surface area contributed by atoms with Gasteiger partial charge in [0.15, 0.2) is 0 Å². The summed E-state index contributed by atoms with van der Waals surface area (Å²) in [6.45, 7) is 8.10. The van der Waals surface area contributed by atoms with Gasteiger partial charge in [0.1, 0.15) is 18.5 Å². The highest BCUT2D eigenvalue weighted by molar-refractivity contribution is 6.03. The lowest BCUT2D eigenvalue weighted by atomic mass is 9.62. The van der Waals surface area contributed by atoms with Crippen molar-refractivity contribution in [2.24, 2.45) is 16.7 Å². The van der Waals surface area contributed by atoms with Crippen LogP contribution in [0.5, 0.6) is 5.75 Å². The van der Waals surface area contributed by atoms with Gasteiger partial charge in [-0.25, -0.2) is 0 Å². The second kappa shape index (κ2) is 6.69. The van der Waals surface area contributed by atoms with Gasteiger partial charge in [-0.1, -0.05) is 39.8 Å². The molecule has 3 atom stereocenters. The molecule has 1 aliphatic carbocycles. The number of carbonyl (C=O) groups is 2. The Morgan fingerprint density at radius 3 is 2.50 bits per heavy atom. The third kappa shape index (κ3) is 2.92. The van der Waals surface area contributed by atoms with Crippen molar-refractivity contribution in [2.45, 2.75) is 53.1 Å². The number of hydrogen-bond acceptors (Lipinski definition) is 4. The fraction of sp³-hybridized carbons (Fsp3) is 0.619. The molecule has 2 bridgehead atoms. The molecule has 2 aliphatic rings. The lowest BCUT2D eigenvalue weighted by Crippen LogP contribution is -2.60. The number of aliphatic hydroxyl groups is 1. The van der Waals surface area contributed by atoms with Gasteiger partial charge in [-0.3, -0.25) is 14.5 Å². The zero-order chi connectivity index (χ0) is 19.1. The highest BCUT2D eigenvalue weighted by Gasteiger charge is 2.64. The molecule has 0 radical (unpaired) electrons. The van der Waals surface area contributed by atoms with Crippen molar-refractivity contribution in [1.29, 1.82) is 0 Å². The zero-order valence-electron chi connectivity index (χ0n) is 16.1. The maximum atomic E-state index is 13.0. The molecule has 5 nitrogen and oxygen atoms in total. The maximum absolute atomic E-state index is 13.0. The van der Waals surface area contributed by atoms with E-state index in [1.807, 2.05) is 45.0 Å². The minimum absolute atomic E-state index is 0.00706. The third-order valence-electron chi connectivity index (χ3n) is 6.67. The van der Waals surface area contributed by atoms with E-state index in [0.717, 1.165) is 19.3 Å². The monoisotopic (exact) mass is 359 g/mol. The number of carbonyl (C=O) groups excluding carboxylic acids is 2. The Hall–Kier alpha value is -1.88. The zero-order valence-corrected chi connectivity index (χ0v) is 16.1. The van der Waals surface area contributed by atoms with E-state index in [1.165, 1.54) is 10.5 Å². The summed E-state index contributed by atoms with van der Waals surface area (Å²) in [4.78, 5) is 27.0. The van der Waals surface area contributed by atoms with Gasteiger partial charge in [0.25, 0.3) is 0 Å². The molecule has 2 amide bonds. The molecule has 0 aromatic heterocycles. The summed E-state index contributed by atoms with van der Waals surface area (Å²) in [5, 5.41) is 10.3. The number of amides is 2. The average Bonchev–Trinajstić information content (AvgIpc) is 2.81. The second-order valence-electron chi connectivity index (χ2n) is 8.36. The van der Waals surface area contributed by atoms with Crippen molar-refractivity contribution in [1.82, 2.24) is 4.90 Å². The summed E-state index contributed by atoms with van der Waals surface area (Å²) >= 11 is 0. The van der Waals surface area contributed by atoms with Crippen molar-refractivity contribution in [2.75, 3.05) is 13.2 Å². The minimum Gasteiger partial charge on any atom is -0.491 e. The number of rotatable bonds is 6. The first-order valence-electron chi connectivity index (χ1n) is 9.46. The number of β-amino-alcohol motifs (C(OH)–C–C–N with tert-alkyl or cyclic N) is 1. The Morgan fingerprint density at radius 1 is 1.23 bits per heavy atom. The lowest BCUT2D eigenvalue weighted by Gasteiger charge is -2.48. The molecule has 1 heterocycles. The normalized spacial score (nSPS) is 28.3. The molecule has 1 saturated heterocycles. The smallest absolute Gasteiger partial charge is 0.235 e. The van der Waals surface area contributed by atoms with Crippen LogP contribution in [0.2, 0.25) is 0 Å². The lowest BCUT2D eigenvalue weighted by molar-refractivity contribution is -0.169. The highest BCUT2D eigenvalue weighted by atomic mass is 16.5. The van der Waals surface area contributed by atoms with Gasteiger partial charge in [-0.05, 0) is 42.4 Å². The number of hydrogen-bond donors (Lipinski definition) is 1. The van der Waals surface area contributed by atoms with Crippen LogP contribution in [-0.4, -0.2) is 41.1 Å². The molecular weight excluding hydrogens is 330 g/mol. The summed E-state index contributed by atoms with van der Waals surface area (Å²) in [5.74, 6) is 0.208. The number of likely N-dealkylation sites (tertiary alicyclic amines) is 1. The molecule has 0 spiro atoms. The number of fused-ring (bicyclic) bond motifs is 2. The van der Waals surface area contributed by atoms with E-state index < -0.39 is 11.5 Å². The van der Waals surface area contributed by atoms with Crippen LogP contribution in [0.4, 0.5) is 0 Å². The van der Waals surface area contributed by atoms with Crippen LogP contribution >= 0.6 is 0 Å². The van der Waals surface area contributed by atoms with Crippen LogP contribution in [0.3, 0.4) is 0 Å². The van der Waals surface area contributed by atoms with Crippen molar-refractivity contribution < 1.29 is 19.4 Å². The Kier molecular flexibility index (Phi) is 4.86. The Morgan fingerprint density at radius 2 is 1.88 bits per heavy atom. The fourth-order valence-electron chi connectivity index (χ4n) is 4.35. The number of imide groups is 1. The van der Waals surface area contributed by atoms with Crippen molar-refractivity contribution in [3.05, 3.63) is 29.8 Å². The number of ether oxygens (including phenoxy) is 1. The topological polar surface area (TPSA) is 66.8 Å². The average molecular weight is 359 g/mol. The van der Waals surface area contributed by atoms with E-state index in [2.05, 4.69) is 6.92 Å². The summed E-state index contributed by atoms with van der Waals surface area (Å²) in [6, 6.07) is 7.71. The van der Waals surface area contributed by atoms with Crippen LogP contribution in [0.1, 0.15) is 46.1 Å². The summed E-state index contributed by atoms with van der Waals surface area (Å²) in [5.41, 5.74) is 0.344. The molecule has 1 aliphatic heterocycles. The number of benzene rings is 1. The molecule has 142 valence electrons. The van der Waals surface area contributed by atoms with E-state index in [4.69, 9.17) is 4.74 Å². The van der Waals surface area contributed by atoms with Gasteiger partial charge in [0, 0.05) is 5.92 Å². The van der Waals surface area contributed by atoms with Crippen molar-refractivity contribution in [3.8, 4) is 5.75 Å². The minimum atomic E-state index is -0.905. The van der Waals surface area contributed by atoms with Gasteiger partial charge >= 0.3 is 0 Å². The number of aryl methyl sites for hydroxylation is 1. The Labute approximate surface area is 155 Å². The molecule has 1 saturated carbocycles. The van der Waals surface area contributed by atoms with Crippen LogP contribution < -0.4 is 4.74 Å². The number of aliphatic hydroxyl groups excluding tert-OH is 1. The van der Waals surface area contributed by atoms with Gasteiger partial charge in [-0.2, -0.15) is 0 Å². The summed E-state index contributed by atoms with van der Waals surface area (Å²) in [7, 11) is 0. The molecule has 1 aromatic rings.